The molecule has 0 amide bonds. The van der Waals surface area contributed by atoms with E-state index in [0.29, 0.717) is 0 Å². The van der Waals surface area contributed by atoms with Crippen LogP contribution in [-0.2, 0) is 6.54 Å². The Morgan fingerprint density at radius 1 is 1.40 bits per heavy atom. The molecule has 0 saturated carbocycles. The summed E-state index contributed by atoms with van der Waals surface area (Å²) in [6.45, 7) is 2.84. The van der Waals surface area contributed by atoms with Crippen LogP contribution in [0.3, 0.4) is 0 Å². The summed E-state index contributed by atoms with van der Waals surface area (Å²) < 4.78 is 1.80. The summed E-state index contributed by atoms with van der Waals surface area (Å²) in [6.07, 6.45) is 1.98. The molecule has 0 saturated heterocycles. The standard InChI is InChI=1S/C15H17N3O2/c1-10-4-6-11(7-5-10)16-12-3-2-8-18-14(12)9-13(17-18)15(19)20/h4-7,9,12,16H,2-3,8H2,1H3,(H,19,20). The van der Waals surface area contributed by atoms with E-state index in [1.165, 1.54) is 5.56 Å². The summed E-state index contributed by atoms with van der Waals surface area (Å²) >= 11 is 0. The highest BCUT2D eigenvalue weighted by Gasteiger charge is 2.24. The lowest BCUT2D eigenvalue weighted by atomic mass is 10.0. The van der Waals surface area contributed by atoms with Crippen LogP contribution in [0.4, 0.5) is 5.69 Å². The molecule has 0 spiro atoms. The summed E-state index contributed by atoms with van der Waals surface area (Å²) in [7, 11) is 0. The van der Waals surface area contributed by atoms with Crippen LogP contribution < -0.4 is 5.32 Å². The maximum atomic E-state index is 11.0. The topological polar surface area (TPSA) is 67.2 Å². The number of nitrogens with zero attached hydrogens (tertiary/aromatic N) is 2. The molecule has 3 rings (SSSR count). The van der Waals surface area contributed by atoms with Crippen molar-refractivity contribution < 1.29 is 9.90 Å². The number of benzene rings is 1. The monoisotopic (exact) mass is 271 g/mol. The van der Waals surface area contributed by atoms with Gasteiger partial charge in [-0.1, -0.05) is 17.7 Å². The number of hydrogen-bond donors (Lipinski definition) is 2. The number of aromatic nitrogens is 2. The van der Waals surface area contributed by atoms with Crippen molar-refractivity contribution in [2.45, 2.75) is 32.4 Å². The fourth-order valence-corrected chi connectivity index (χ4v) is 2.59. The van der Waals surface area contributed by atoms with Crippen molar-refractivity contribution in [3.05, 3.63) is 47.3 Å². The number of carboxylic acid groups (broad SMARTS) is 1. The lowest BCUT2D eigenvalue weighted by molar-refractivity contribution is 0.0689. The number of rotatable bonds is 3. The molecule has 2 N–H and O–H groups in total. The van der Waals surface area contributed by atoms with Gasteiger partial charge < -0.3 is 10.4 Å². The molecule has 0 radical (unpaired) electrons. The number of hydrogen-bond acceptors (Lipinski definition) is 3. The molecule has 1 atom stereocenters. The zero-order valence-electron chi connectivity index (χ0n) is 11.3. The van der Waals surface area contributed by atoms with Crippen molar-refractivity contribution in [1.29, 1.82) is 0 Å². The number of fused-ring (bicyclic) bond motifs is 1. The lowest BCUT2D eigenvalue weighted by Crippen LogP contribution is -2.21. The molecule has 2 heterocycles. The second kappa shape index (κ2) is 5.00. The average molecular weight is 271 g/mol. The van der Waals surface area contributed by atoms with Crippen molar-refractivity contribution in [3.8, 4) is 0 Å². The second-order valence-electron chi connectivity index (χ2n) is 5.19. The summed E-state index contributed by atoms with van der Waals surface area (Å²) in [4.78, 5) is 11.0. The Balaban J connectivity index is 1.85. The first-order chi connectivity index (χ1) is 9.63. The van der Waals surface area contributed by atoms with Gasteiger partial charge >= 0.3 is 5.97 Å². The molecule has 5 heteroatoms. The first-order valence-corrected chi connectivity index (χ1v) is 6.78. The van der Waals surface area contributed by atoms with Gasteiger partial charge in [0.05, 0.1) is 11.7 Å². The van der Waals surface area contributed by atoms with Crippen molar-refractivity contribution >= 4 is 11.7 Å². The van der Waals surface area contributed by atoms with Crippen molar-refractivity contribution in [1.82, 2.24) is 9.78 Å². The molecule has 1 aromatic heterocycles. The highest BCUT2D eigenvalue weighted by molar-refractivity contribution is 5.85. The molecule has 1 aliphatic rings. The zero-order chi connectivity index (χ0) is 14.1. The number of nitrogens with one attached hydrogen (secondary N) is 1. The van der Waals surface area contributed by atoms with Gasteiger partial charge in [-0.2, -0.15) is 5.10 Å². The predicted molar refractivity (Wildman–Crippen MR) is 76.0 cm³/mol. The van der Waals surface area contributed by atoms with Gasteiger partial charge in [-0.3, -0.25) is 4.68 Å². The molecule has 5 nitrogen and oxygen atoms in total. The number of aromatic carboxylic acids is 1. The highest BCUT2D eigenvalue weighted by Crippen LogP contribution is 2.29. The number of anilines is 1. The van der Waals surface area contributed by atoms with Gasteiger partial charge in [0.1, 0.15) is 0 Å². The quantitative estimate of drug-likeness (QED) is 0.900. The van der Waals surface area contributed by atoms with Crippen LogP contribution in [0.25, 0.3) is 0 Å². The fourth-order valence-electron chi connectivity index (χ4n) is 2.59. The molecule has 104 valence electrons. The molecular weight excluding hydrogens is 254 g/mol. The third-order valence-electron chi connectivity index (χ3n) is 3.64. The molecule has 1 aliphatic heterocycles. The number of carbonyl (C=O) groups is 1. The van der Waals surface area contributed by atoms with E-state index in [4.69, 9.17) is 5.11 Å². The van der Waals surface area contributed by atoms with Gasteiger partial charge in [-0.15, -0.1) is 0 Å². The van der Waals surface area contributed by atoms with Crippen LogP contribution in [0.1, 0.15) is 40.6 Å². The van der Waals surface area contributed by atoms with E-state index in [-0.39, 0.29) is 11.7 Å². The Kier molecular flexibility index (Phi) is 3.18. The Morgan fingerprint density at radius 3 is 2.85 bits per heavy atom. The minimum atomic E-state index is -0.971. The van der Waals surface area contributed by atoms with Gasteiger partial charge in [0.2, 0.25) is 0 Å². The fraction of sp³-hybridized carbons (Fsp3) is 0.333. The number of carboxylic acids is 1. The maximum Gasteiger partial charge on any atom is 0.356 e. The van der Waals surface area contributed by atoms with Crippen molar-refractivity contribution in [2.75, 3.05) is 5.32 Å². The molecule has 0 bridgehead atoms. The smallest absolute Gasteiger partial charge is 0.356 e. The first kappa shape index (κ1) is 12.7. The highest BCUT2D eigenvalue weighted by atomic mass is 16.4. The second-order valence-corrected chi connectivity index (χ2v) is 5.19. The van der Waals surface area contributed by atoms with Crippen molar-refractivity contribution in [2.24, 2.45) is 0 Å². The predicted octanol–water partition coefficient (Wildman–Crippen LogP) is 2.84. The van der Waals surface area contributed by atoms with E-state index in [2.05, 4.69) is 29.5 Å². The molecular formula is C15H17N3O2. The average Bonchev–Trinajstić information content (AvgIpc) is 2.87. The number of aryl methyl sites for hydroxylation is 2. The van der Waals surface area contributed by atoms with Crippen LogP contribution >= 0.6 is 0 Å². The van der Waals surface area contributed by atoms with Crippen molar-refractivity contribution in [3.63, 3.8) is 0 Å². The normalized spacial score (nSPS) is 17.6. The summed E-state index contributed by atoms with van der Waals surface area (Å²) in [5.74, 6) is -0.971. The Morgan fingerprint density at radius 2 is 2.15 bits per heavy atom. The van der Waals surface area contributed by atoms with Gasteiger partial charge in [0.15, 0.2) is 5.69 Å². The van der Waals surface area contributed by atoms with Gasteiger partial charge in [0.25, 0.3) is 0 Å². The summed E-state index contributed by atoms with van der Waals surface area (Å²) in [5.41, 5.74) is 3.34. The molecule has 1 unspecified atom stereocenters. The molecule has 0 aliphatic carbocycles. The van der Waals surface area contributed by atoms with E-state index in [0.717, 1.165) is 30.8 Å². The first-order valence-electron chi connectivity index (χ1n) is 6.78. The maximum absolute atomic E-state index is 11.0. The van der Waals surface area contributed by atoms with Gasteiger partial charge in [0, 0.05) is 12.2 Å². The van der Waals surface area contributed by atoms with Crippen LogP contribution in [0.5, 0.6) is 0 Å². The lowest BCUT2D eigenvalue weighted by Gasteiger charge is -2.25. The molecule has 1 aromatic carbocycles. The van der Waals surface area contributed by atoms with E-state index in [1.54, 1.807) is 10.7 Å². The molecule has 2 aromatic rings. The van der Waals surface area contributed by atoms with E-state index >= 15 is 0 Å². The van der Waals surface area contributed by atoms with E-state index in [1.807, 2.05) is 12.1 Å². The van der Waals surface area contributed by atoms with Crippen LogP contribution in [0, 0.1) is 6.92 Å². The largest absolute Gasteiger partial charge is 0.476 e. The molecule has 0 fully saturated rings. The van der Waals surface area contributed by atoms with E-state index in [9.17, 15) is 4.79 Å². The van der Waals surface area contributed by atoms with Crippen LogP contribution in [0.2, 0.25) is 0 Å². The Hall–Kier alpha value is -2.30. The van der Waals surface area contributed by atoms with Crippen LogP contribution in [-0.4, -0.2) is 20.9 Å². The molecule has 20 heavy (non-hydrogen) atoms. The van der Waals surface area contributed by atoms with Crippen LogP contribution in [0.15, 0.2) is 30.3 Å². The third kappa shape index (κ3) is 2.39. The Labute approximate surface area is 117 Å². The van der Waals surface area contributed by atoms with Gasteiger partial charge in [-0.05, 0) is 38.0 Å². The Bertz CT molecular complexity index is 631. The van der Waals surface area contributed by atoms with Gasteiger partial charge in [-0.25, -0.2) is 4.79 Å². The zero-order valence-corrected chi connectivity index (χ0v) is 11.3. The SMILES string of the molecule is Cc1ccc(NC2CCCn3nc(C(=O)O)cc32)cc1. The van der Waals surface area contributed by atoms with E-state index < -0.39 is 5.97 Å². The minimum Gasteiger partial charge on any atom is -0.476 e. The summed E-state index contributed by atoms with van der Waals surface area (Å²) in [5, 5.41) is 16.6. The summed E-state index contributed by atoms with van der Waals surface area (Å²) in [6, 6.07) is 10.0. The third-order valence-corrected chi connectivity index (χ3v) is 3.64. The minimum absolute atomic E-state index is 0.118.